The van der Waals surface area contributed by atoms with E-state index in [1.54, 1.807) is 18.3 Å². The zero-order chi connectivity index (χ0) is 17.2. The van der Waals surface area contributed by atoms with Gasteiger partial charge in [-0.15, -0.1) is 0 Å². The second-order valence-corrected chi connectivity index (χ2v) is 5.95. The first-order valence-electron chi connectivity index (χ1n) is 8.85. The number of hydrogen-bond acceptors (Lipinski definition) is 4. The molecule has 1 heterocycles. The summed E-state index contributed by atoms with van der Waals surface area (Å²) in [4.78, 5) is 20.6. The normalized spacial score (nSPS) is 10.6. The lowest BCUT2D eigenvalue weighted by Crippen LogP contribution is -2.07. The molecule has 1 aromatic heterocycles. The number of aromatic nitrogens is 2. The van der Waals surface area contributed by atoms with Crippen molar-refractivity contribution < 1.29 is 9.53 Å². The molecule has 0 saturated carbocycles. The third-order valence-corrected chi connectivity index (χ3v) is 3.83. The number of carbonyl (C=O) groups excluding carboxylic acids is 1. The van der Waals surface area contributed by atoms with Crippen LogP contribution in [0.5, 0.6) is 5.75 Å². The molecule has 2 rings (SSSR count). The highest BCUT2D eigenvalue weighted by atomic mass is 16.5. The average Bonchev–Trinajstić information content (AvgIpc) is 2.60. The molecule has 0 aliphatic heterocycles. The maximum Gasteiger partial charge on any atom is 0.311 e. The molecule has 0 aliphatic carbocycles. The molecule has 0 radical (unpaired) electrons. The minimum Gasteiger partial charge on any atom is -0.427 e. The maximum atomic E-state index is 11.8. The Morgan fingerprint density at radius 3 is 2.38 bits per heavy atom. The lowest BCUT2D eigenvalue weighted by molar-refractivity contribution is -0.134. The Hall–Kier alpha value is -2.23. The molecule has 0 fully saturated rings. The van der Waals surface area contributed by atoms with Gasteiger partial charge in [-0.3, -0.25) is 14.8 Å². The molecular formula is C20H26N2O2. The minimum absolute atomic E-state index is 0.164. The van der Waals surface area contributed by atoms with E-state index in [0.717, 1.165) is 42.6 Å². The predicted octanol–water partition coefficient (Wildman–Crippen LogP) is 4.97. The number of carbonyl (C=O) groups is 1. The fourth-order valence-corrected chi connectivity index (χ4v) is 2.46. The smallest absolute Gasteiger partial charge is 0.311 e. The van der Waals surface area contributed by atoms with Crippen LogP contribution in [0.25, 0.3) is 11.3 Å². The Balaban J connectivity index is 1.89. The minimum atomic E-state index is -0.164. The van der Waals surface area contributed by atoms with Gasteiger partial charge >= 0.3 is 5.97 Å². The van der Waals surface area contributed by atoms with E-state index in [4.69, 9.17) is 4.74 Å². The van der Waals surface area contributed by atoms with Gasteiger partial charge in [0.1, 0.15) is 5.75 Å². The molecule has 4 nitrogen and oxygen atoms in total. The summed E-state index contributed by atoms with van der Waals surface area (Å²) in [7, 11) is 0. The van der Waals surface area contributed by atoms with Gasteiger partial charge in [0, 0.05) is 18.2 Å². The second-order valence-electron chi connectivity index (χ2n) is 5.95. The number of esters is 1. The van der Waals surface area contributed by atoms with E-state index in [-0.39, 0.29) is 5.97 Å². The van der Waals surface area contributed by atoms with Gasteiger partial charge in [0.15, 0.2) is 0 Å². The average molecular weight is 326 g/mol. The Labute approximate surface area is 144 Å². The van der Waals surface area contributed by atoms with Crippen LogP contribution in [0.2, 0.25) is 0 Å². The van der Waals surface area contributed by atoms with E-state index in [1.807, 2.05) is 18.3 Å². The van der Waals surface area contributed by atoms with Gasteiger partial charge in [-0.25, -0.2) is 0 Å². The molecular weight excluding hydrogens is 300 g/mol. The molecule has 0 saturated heterocycles. The first-order chi connectivity index (χ1) is 11.7. The lowest BCUT2D eigenvalue weighted by Gasteiger charge is -2.06. The predicted molar refractivity (Wildman–Crippen MR) is 95.9 cm³/mol. The van der Waals surface area contributed by atoms with E-state index < -0.39 is 0 Å². The molecule has 0 atom stereocenters. The summed E-state index contributed by atoms with van der Waals surface area (Å²) < 4.78 is 5.36. The molecule has 24 heavy (non-hydrogen) atoms. The van der Waals surface area contributed by atoms with Crippen molar-refractivity contribution in [1.82, 2.24) is 9.97 Å². The Morgan fingerprint density at radius 2 is 1.75 bits per heavy atom. The van der Waals surface area contributed by atoms with E-state index in [0.29, 0.717) is 12.2 Å². The van der Waals surface area contributed by atoms with Crippen LogP contribution >= 0.6 is 0 Å². The van der Waals surface area contributed by atoms with Crippen LogP contribution in [0.3, 0.4) is 0 Å². The van der Waals surface area contributed by atoms with Crippen LogP contribution in [0.15, 0.2) is 36.7 Å². The van der Waals surface area contributed by atoms with E-state index in [9.17, 15) is 4.79 Å². The van der Waals surface area contributed by atoms with Crippen LogP contribution < -0.4 is 4.74 Å². The van der Waals surface area contributed by atoms with Gasteiger partial charge in [-0.2, -0.15) is 0 Å². The van der Waals surface area contributed by atoms with Crippen LogP contribution in [0, 0.1) is 0 Å². The van der Waals surface area contributed by atoms with Crippen molar-refractivity contribution in [2.24, 2.45) is 0 Å². The van der Waals surface area contributed by atoms with Gasteiger partial charge in [-0.1, -0.05) is 39.5 Å². The maximum absolute atomic E-state index is 11.8. The molecule has 0 amide bonds. The van der Waals surface area contributed by atoms with Crippen molar-refractivity contribution in [2.75, 3.05) is 0 Å². The first kappa shape index (κ1) is 18.1. The number of unbranched alkanes of at least 4 members (excludes halogenated alkanes) is 3. The molecule has 0 spiro atoms. The SMILES string of the molecule is CCCCCCC(=O)Oc1ccc(-c2cnc(CCC)cn2)cc1. The summed E-state index contributed by atoms with van der Waals surface area (Å²) in [5, 5.41) is 0. The van der Waals surface area contributed by atoms with Crippen LogP contribution in [-0.2, 0) is 11.2 Å². The summed E-state index contributed by atoms with van der Waals surface area (Å²) in [6, 6.07) is 7.42. The summed E-state index contributed by atoms with van der Waals surface area (Å²) in [6.45, 7) is 4.28. The standard InChI is InChI=1S/C20H26N2O2/c1-3-5-6-7-9-20(23)24-18-12-10-16(11-13-18)19-15-21-17(8-4-2)14-22-19/h10-15H,3-9H2,1-2H3. The summed E-state index contributed by atoms with van der Waals surface area (Å²) in [5.41, 5.74) is 2.80. The molecule has 4 heteroatoms. The van der Waals surface area contributed by atoms with Crippen LogP contribution in [0.4, 0.5) is 0 Å². The molecule has 0 bridgehead atoms. The van der Waals surface area contributed by atoms with Crippen LogP contribution in [-0.4, -0.2) is 15.9 Å². The summed E-state index contributed by atoms with van der Waals surface area (Å²) >= 11 is 0. The van der Waals surface area contributed by atoms with Crippen molar-refractivity contribution in [2.45, 2.75) is 58.8 Å². The molecule has 0 N–H and O–H groups in total. The van der Waals surface area contributed by atoms with Crippen molar-refractivity contribution >= 4 is 5.97 Å². The molecule has 0 unspecified atom stereocenters. The van der Waals surface area contributed by atoms with Gasteiger partial charge in [0.2, 0.25) is 0 Å². The van der Waals surface area contributed by atoms with Crippen molar-refractivity contribution in [3.05, 3.63) is 42.4 Å². The summed E-state index contributed by atoms with van der Waals surface area (Å²) in [6.07, 6.45) is 10.4. The van der Waals surface area contributed by atoms with E-state index >= 15 is 0 Å². The second kappa shape index (κ2) is 9.81. The molecule has 1 aromatic carbocycles. The Kier molecular flexibility index (Phi) is 7.40. The highest BCUT2D eigenvalue weighted by Gasteiger charge is 2.06. The molecule has 0 aliphatic rings. The third kappa shape index (κ3) is 5.76. The highest BCUT2D eigenvalue weighted by molar-refractivity contribution is 5.72. The third-order valence-electron chi connectivity index (χ3n) is 3.83. The fourth-order valence-electron chi connectivity index (χ4n) is 2.46. The Morgan fingerprint density at radius 1 is 0.958 bits per heavy atom. The first-order valence-corrected chi connectivity index (χ1v) is 8.85. The van der Waals surface area contributed by atoms with Gasteiger partial charge in [0.05, 0.1) is 17.6 Å². The molecule has 128 valence electrons. The zero-order valence-corrected chi connectivity index (χ0v) is 14.6. The molecule has 2 aromatic rings. The number of aryl methyl sites for hydroxylation is 1. The van der Waals surface area contributed by atoms with Gasteiger partial charge in [-0.05, 0) is 37.1 Å². The summed E-state index contributed by atoms with van der Waals surface area (Å²) in [5.74, 6) is 0.414. The Bertz CT molecular complexity index is 621. The largest absolute Gasteiger partial charge is 0.427 e. The van der Waals surface area contributed by atoms with Gasteiger partial charge in [0.25, 0.3) is 0 Å². The number of hydrogen-bond donors (Lipinski definition) is 0. The van der Waals surface area contributed by atoms with Crippen molar-refractivity contribution in [3.8, 4) is 17.0 Å². The number of rotatable bonds is 9. The number of nitrogens with zero attached hydrogens (tertiary/aromatic N) is 2. The number of ether oxygens (including phenoxy) is 1. The van der Waals surface area contributed by atoms with Crippen molar-refractivity contribution in [3.63, 3.8) is 0 Å². The van der Waals surface area contributed by atoms with Crippen molar-refractivity contribution in [1.29, 1.82) is 0 Å². The zero-order valence-electron chi connectivity index (χ0n) is 14.6. The van der Waals surface area contributed by atoms with E-state index in [1.165, 1.54) is 12.8 Å². The number of benzene rings is 1. The fraction of sp³-hybridized carbons (Fsp3) is 0.450. The van der Waals surface area contributed by atoms with Crippen LogP contribution in [0.1, 0.15) is 58.1 Å². The lowest BCUT2D eigenvalue weighted by atomic mass is 10.1. The topological polar surface area (TPSA) is 52.1 Å². The monoisotopic (exact) mass is 326 g/mol. The highest BCUT2D eigenvalue weighted by Crippen LogP contribution is 2.21. The van der Waals surface area contributed by atoms with E-state index in [2.05, 4.69) is 23.8 Å². The quantitative estimate of drug-likeness (QED) is 0.371. The van der Waals surface area contributed by atoms with Gasteiger partial charge < -0.3 is 4.74 Å².